The third-order valence-corrected chi connectivity index (χ3v) is 6.77. The molecule has 0 amide bonds. The molecule has 3 aromatic rings. The minimum absolute atomic E-state index is 0.00854. The maximum atomic E-state index is 13.2. The van der Waals surface area contributed by atoms with Crippen LogP contribution in [0.1, 0.15) is 43.1 Å². The fraction of sp³-hybridized carbons (Fsp3) is 0.300. The molecule has 0 aliphatic heterocycles. The van der Waals surface area contributed by atoms with Gasteiger partial charge in [0.1, 0.15) is 10.5 Å². The molecule has 0 atom stereocenters. The summed E-state index contributed by atoms with van der Waals surface area (Å²) in [6, 6.07) is 7.23. The molecule has 1 aromatic heterocycles. The fourth-order valence-corrected chi connectivity index (χ4v) is 4.38. The molecule has 2 aromatic carbocycles. The van der Waals surface area contributed by atoms with Gasteiger partial charge in [-0.2, -0.15) is 0 Å². The Morgan fingerprint density at radius 3 is 2.48 bits per heavy atom. The lowest BCUT2D eigenvalue weighted by Gasteiger charge is -2.13. The summed E-state index contributed by atoms with van der Waals surface area (Å²) >= 11 is 0. The molecular formula is C20H20O6S. The number of aromatic carboxylic acids is 1. The number of para-hydroxylation sites is 1. The van der Waals surface area contributed by atoms with Gasteiger partial charge in [0.25, 0.3) is 0 Å². The molecule has 0 unspecified atom stereocenters. The molecule has 3 rings (SSSR count). The average molecular weight is 388 g/mol. The highest BCUT2D eigenvalue weighted by atomic mass is 32.2. The lowest BCUT2D eigenvalue weighted by atomic mass is 9.97. The van der Waals surface area contributed by atoms with E-state index >= 15 is 0 Å². The van der Waals surface area contributed by atoms with E-state index < -0.39 is 26.5 Å². The van der Waals surface area contributed by atoms with Gasteiger partial charge in [0.05, 0.1) is 21.6 Å². The van der Waals surface area contributed by atoms with Gasteiger partial charge in [0, 0.05) is 0 Å². The minimum Gasteiger partial charge on any atom is -0.478 e. The maximum Gasteiger partial charge on any atom is 0.335 e. The predicted octanol–water partition coefficient (Wildman–Crippen LogP) is 3.78. The van der Waals surface area contributed by atoms with E-state index in [-0.39, 0.29) is 32.4 Å². The minimum atomic E-state index is -3.66. The Balaban J connectivity index is 2.51. The molecule has 7 heteroatoms. The van der Waals surface area contributed by atoms with Gasteiger partial charge < -0.3 is 9.52 Å². The molecule has 1 N–H and O–H groups in total. The van der Waals surface area contributed by atoms with Crippen LogP contribution in [0.5, 0.6) is 0 Å². The quantitative estimate of drug-likeness (QED) is 0.668. The molecule has 0 saturated heterocycles. The molecule has 0 fully saturated rings. The number of sulfone groups is 1. The van der Waals surface area contributed by atoms with Gasteiger partial charge in [-0.1, -0.05) is 19.4 Å². The topological polar surface area (TPSA) is 102 Å². The Bertz CT molecular complexity index is 1220. The molecule has 142 valence electrons. The van der Waals surface area contributed by atoms with Gasteiger partial charge in [-0.15, -0.1) is 0 Å². The van der Waals surface area contributed by atoms with Crippen molar-refractivity contribution in [2.75, 3.05) is 0 Å². The number of carboxylic acids is 1. The predicted molar refractivity (Wildman–Crippen MR) is 103 cm³/mol. The molecule has 0 aliphatic carbocycles. The largest absolute Gasteiger partial charge is 0.478 e. The lowest BCUT2D eigenvalue weighted by Crippen LogP contribution is -2.16. The summed E-state index contributed by atoms with van der Waals surface area (Å²) < 4.78 is 31.2. The van der Waals surface area contributed by atoms with Gasteiger partial charge >= 0.3 is 5.97 Å². The highest BCUT2D eigenvalue weighted by molar-refractivity contribution is 7.92. The molecule has 0 saturated carbocycles. The number of hydrogen-bond donors (Lipinski definition) is 1. The number of rotatable bonds is 5. The van der Waals surface area contributed by atoms with Crippen LogP contribution in [0.3, 0.4) is 0 Å². The third-order valence-electron chi connectivity index (χ3n) is 4.59. The number of carbonyl (C=O) groups is 1. The summed E-state index contributed by atoms with van der Waals surface area (Å²) in [6.45, 7) is 5.01. The number of aryl methyl sites for hydroxylation is 1. The third kappa shape index (κ3) is 3.02. The highest BCUT2D eigenvalue weighted by Gasteiger charge is 2.25. The Labute approximate surface area is 156 Å². The van der Waals surface area contributed by atoms with E-state index in [1.807, 2.05) is 6.92 Å². The van der Waals surface area contributed by atoms with Crippen molar-refractivity contribution in [3.05, 3.63) is 51.7 Å². The number of hydrogen-bond acceptors (Lipinski definition) is 5. The molecule has 0 spiro atoms. The van der Waals surface area contributed by atoms with E-state index in [0.29, 0.717) is 18.4 Å². The molecule has 0 bridgehead atoms. The summed E-state index contributed by atoms with van der Waals surface area (Å²) in [5, 5.41) is 9.11. The van der Waals surface area contributed by atoms with Crippen LogP contribution in [0, 0.1) is 0 Å². The monoisotopic (exact) mass is 388 g/mol. The zero-order valence-electron chi connectivity index (χ0n) is 15.3. The van der Waals surface area contributed by atoms with Crippen LogP contribution in [0.25, 0.3) is 21.9 Å². The van der Waals surface area contributed by atoms with Crippen LogP contribution < -0.4 is 5.43 Å². The van der Waals surface area contributed by atoms with E-state index in [4.69, 9.17) is 4.42 Å². The van der Waals surface area contributed by atoms with E-state index in [1.54, 1.807) is 13.8 Å². The van der Waals surface area contributed by atoms with Crippen molar-refractivity contribution < 1.29 is 22.7 Å². The Morgan fingerprint density at radius 1 is 1.19 bits per heavy atom. The molecule has 6 nitrogen and oxygen atoms in total. The zero-order valence-corrected chi connectivity index (χ0v) is 16.1. The summed E-state index contributed by atoms with van der Waals surface area (Å²) in [5.41, 5.74) is 0.248. The van der Waals surface area contributed by atoms with Crippen molar-refractivity contribution in [1.29, 1.82) is 0 Å². The van der Waals surface area contributed by atoms with E-state index in [1.165, 1.54) is 30.3 Å². The molecule has 0 aliphatic rings. The fourth-order valence-electron chi connectivity index (χ4n) is 3.19. The zero-order chi connectivity index (χ0) is 19.9. The SMILES string of the molecule is CCCc1c(C(=O)O)ccc2oc3c(S(=O)(=O)C(C)C)cccc3c(=O)c12. The summed E-state index contributed by atoms with van der Waals surface area (Å²) in [5.74, 6) is -1.11. The van der Waals surface area contributed by atoms with Gasteiger partial charge in [-0.05, 0) is 50.1 Å². The normalized spacial score (nSPS) is 12.1. The van der Waals surface area contributed by atoms with Gasteiger partial charge in [0.15, 0.2) is 15.4 Å². The number of fused-ring (bicyclic) bond motifs is 2. The number of carboxylic acid groups (broad SMARTS) is 1. The second-order valence-electron chi connectivity index (χ2n) is 6.68. The van der Waals surface area contributed by atoms with Crippen molar-refractivity contribution in [3.8, 4) is 0 Å². The smallest absolute Gasteiger partial charge is 0.335 e. The van der Waals surface area contributed by atoms with Crippen LogP contribution in [-0.2, 0) is 16.3 Å². The first-order valence-electron chi connectivity index (χ1n) is 8.68. The van der Waals surface area contributed by atoms with Crippen LogP contribution in [0.4, 0.5) is 0 Å². The first kappa shape index (κ1) is 19.1. The average Bonchev–Trinajstić information content (AvgIpc) is 2.61. The second kappa shape index (κ2) is 6.81. The van der Waals surface area contributed by atoms with Crippen molar-refractivity contribution in [1.82, 2.24) is 0 Å². The standard InChI is InChI=1S/C20H20O6S/c1-4-6-12-13(20(22)23)9-10-15-17(12)18(21)14-7-5-8-16(19(14)26-15)27(24,25)11(2)3/h5,7-11H,4,6H2,1-3H3,(H,22,23). The Kier molecular flexibility index (Phi) is 4.82. The summed E-state index contributed by atoms with van der Waals surface area (Å²) in [4.78, 5) is 24.7. The Hall–Kier alpha value is -2.67. The highest BCUT2D eigenvalue weighted by Crippen LogP contribution is 2.30. The Morgan fingerprint density at radius 2 is 1.89 bits per heavy atom. The lowest BCUT2D eigenvalue weighted by molar-refractivity contribution is 0.0696. The van der Waals surface area contributed by atoms with Crippen LogP contribution >= 0.6 is 0 Å². The first-order valence-corrected chi connectivity index (χ1v) is 10.2. The van der Waals surface area contributed by atoms with Gasteiger partial charge in [-0.25, -0.2) is 13.2 Å². The van der Waals surface area contributed by atoms with E-state index in [9.17, 15) is 23.1 Å². The van der Waals surface area contributed by atoms with Gasteiger partial charge in [0.2, 0.25) is 5.43 Å². The van der Waals surface area contributed by atoms with E-state index in [2.05, 4.69) is 0 Å². The number of benzene rings is 2. The first-order chi connectivity index (χ1) is 12.7. The van der Waals surface area contributed by atoms with E-state index in [0.717, 1.165) is 0 Å². The van der Waals surface area contributed by atoms with Gasteiger partial charge in [-0.3, -0.25) is 4.79 Å². The summed E-state index contributed by atoms with van der Waals surface area (Å²) in [6.07, 6.45) is 1.05. The van der Waals surface area contributed by atoms with Crippen molar-refractivity contribution >= 4 is 37.7 Å². The van der Waals surface area contributed by atoms with Crippen LogP contribution in [0.15, 0.2) is 44.4 Å². The second-order valence-corrected chi connectivity index (χ2v) is 9.15. The van der Waals surface area contributed by atoms with Crippen LogP contribution in [-0.4, -0.2) is 24.7 Å². The molecular weight excluding hydrogens is 368 g/mol. The van der Waals surface area contributed by atoms with Crippen LogP contribution in [0.2, 0.25) is 0 Å². The molecule has 27 heavy (non-hydrogen) atoms. The van der Waals surface area contributed by atoms with Crippen molar-refractivity contribution in [2.24, 2.45) is 0 Å². The molecule has 0 radical (unpaired) electrons. The van der Waals surface area contributed by atoms with Crippen molar-refractivity contribution in [2.45, 2.75) is 43.8 Å². The maximum absolute atomic E-state index is 13.2. The molecule has 1 heterocycles. The summed E-state index contributed by atoms with van der Waals surface area (Å²) in [7, 11) is -3.66. The van der Waals surface area contributed by atoms with Crippen molar-refractivity contribution in [3.63, 3.8) is 0 Å².